The summed E-state index contributed by atoms with van der Waals surface area (Å²) in [4.78, 5) is 22.5. The molecule has 0 aromatic heterocycles. The molecule has 0 heterocycles. The van der Waals surface area contributed by atoms with Gasteiger partial charge in [-0.1, -0.05) is 12.1 Å². The number of carbonyl (C=O) groups is 2. The first-order chi connectivity index (χ1) is 9.56. The molecule has 0 spiro atoms. The maximum Gasteiger partial charge on any atom is 0.335 e. The maximum absolute atomic E-state index is 13.0. The lowest BCUT2D eigenvalue weighted by atomic mass is 10.1. The second-order valence-corrected chi connectivity index (χ2v) is 4.20. The predicted octanol–water partition coefficient (Wildman–Crippen LogP) is 2.45. The quantitative estimate of drug-likeness (QED) is 0.899. The summed E-state index contributed by atoms with van der Waals surface area (Å²) in [5.74, 6) is -1.74. The van der Waals surface area contributed by atoms with Gasteiger partial charge < -0.3 is 10.4 Å². The molecule has 2 rings (SSSR count). The van der Waals surface area contributed by atoms with Gasteiger partial charge in [-0.2, -0.15) is 0 Å². The number of nitrogens with one attached hydrogen (secondary N) is 1. The molecule has 5 heteroatoms. The molecular formula is C15H12FNO3. The van der Waals surface area contributed by atoms with Gasteiger partial charge in [0.2, 0.25) is 0 Å². The fourth-order valence-electron chi connectivity index (χ4n) is 1.70. The van der Waals surface area contributed by atoms with Gasteiger partial charge >= 0.3 is 5.97 Å². The number of hydrogen-bond acceptors (Lipinski definition) is 2. The normalized spacial score (nSPS) is 10.1. The maximum atomic E-state index is 13.0. The van der Waals surface area contributed by atoms with Gasteiger partial charge in [0.05, 0.1) is 5.56 Å². The summed E-state index contributed by atoms with van der Waals surface area (Å²) in [5, 5.41) is 11.4. The molecule has 4 nitrogen and oxygen atoms in total. The number of amides is 1. The van der Waals surface area contributed by atoms with Crippen molar-refractivity contribution in [3.05, 3.63) is 71.0 Å². The third-order valence-corrected chi connectivity index (χ3v) is 2.74. The smallest absolute Gasteiger partial charge is 0.335 e. The summed E-state index contributed by atoms with van der Waals surface area (Å²) in [6.45, 7) is 0.206. The minimum absolute atomic E-state index is 0.117. The van der Waals surface area contributed by atoms with E-state index in [2.05, 4.69) is 5.32 Å². The summed E-state index contributed by atoms with van der Waals surface area (Å²) in [6.07, 6.45) is 0. The summed E-state index contributed by atoms with van der Waals surface area (Å²) < 4.78 is 13.0. The molecule has 0 saturated heterocycles. The molecule has 2 N–H and O–H groups in total. The van der Waals surface area contributed by atoms with Crippen molar-refractivity contribution >= 4 is 11.9 Å². The van der Waals surface area contributed by atoms with Crippen LogP contribution in [-0.2, 0) is 6.54 Å². The first kappa shape index (κ1) is 13.7. The number of benzene rings is 2. The molecule has 1 amide bonds. The minimum atomic E-state index is -1.04. The third kappa shape index (κ3) is 3.41. The monoisotopic (exact) mass is 273 g/mol. The first-order valence-electron chi connectivity index (χ1n) is 5.92. The van der Waals surface area contributed by atoms with E-state index in [1.165, 1.54) is 36.4 Å². The highest BCUT2D eigenvalue weighted by Gasteiger charge is 2.07. The van der Waals surface area contributed by atoms with Gasteiger partial charge in [-0.05, 0) is 42.0 Å². The molecule has 0 fully saturated rings. The van der Waals surface area contributed by atoms with Crippen LogP contribution in [0.15, 0.2) is 48.5 Å². The molecule has 20 heavy (non-hydrogen) atoms. The van der Waals surface area contributed by atoms with Crippen molar-refractivity contribution in [1.82, 2.24) is 5.32 Å². The fraction of sp³-hybridized carbons (Fsp3) is 0.0667. The Labute approximate surface area is 114 Å². The van der Waals surface area contributed by atoms with Crippen LogP contribution < -0.4 is 5.32 Å². The van der Waals surface area contributed by atoms with E-state index in [-0.39, 0.29) is 23.8 Å². The molecule has 0 aliphatic carbocycles. The van der Waals surface area contributed by atoms with E-state index in [0.717, 1.165) is 0 Å². The number of carboxylic acids is 1. The van der Waals surface area contributed by atoms with Gasteiger partial charge in [0, 0.05) is 12.1 Å². The zero-order valence-corrected chi connectivity index (χ0v) is 10.5. The molecule has 0 saturated carbocycles. The first-order valence-corrected chi connectivity index (χ1v) is 5.92. The number of rotatable bonds is 4. The van der Waals surface area contributed by atoms with Crippen LogP contribution in [0.4, 0.5) is 4.39 Å². The SMILES string of the molecule is O=C(O)c1ccc(C(=O)NCc2cccc(F)c2)cc1. The standard InChI is InChI=1S/C15H12FNO3/c16-13-3-1-2-10(8-13)9-17-14(18)11-4-6-12(7-5-11)15(19)20/h1-8H,9H2,(H,17,18)(H,19,20). The van der Waals surface area contributed by atoms with Crippen LogP contribution in [0.3, 0.4) is 0 Å². The predicted molar refractivity (Wildman–Crippen MR) is 71.0 cm³/mol. The Morgan fingerprint density at radius 1 is 1.05 bits per heavy atom. The van der Waals surface area contributed by atoms with Crippen molar-refractivity contribution in [2.75, 3.05) is 0 Å². The van der Waals surface area contributed by atoms with Crippen LogP contribution in [0.2, 0.25) is 0 Å². The Morgan fingerprint density at radius 2 is 1.70 bits per heavy atom. The van der Waals surface area contributed by atoms with E-state index in [0.29, 0.717) is 11.1 Å². The number of hydrogen-bond donors (Lipinski definition) is 2. The Kier molecular flexibility index (Phi) is 4.10. The van der Waals surface area contributed by atoms with Crippen molar-refractivity contribution in [2.45, 2.75) is 6.54 Å². The number of carboxylic acid groups (broad SMARTS) is 1. The summed E-state index contributed by atoms with van der Waals surface area (Å²) in [6, 6.07) is 11.5. The fourth-order valence-corrected chi connectivity index (χ4v) is 1.70. The van der Waals surface area contributed by atoms with Crippen molar-refractivity contribution in [2.24, 2.45) is 0 Å². The molecule has 0 unspecified atom stereocenters. The molecule has 0 radical (unpaired) electrons. The topological polar surface area (TPSA) is 66.4 Å². The Bertz CT molecular complexity index is 638. The van der Waals surface area contributed by atoms with E-state index in [1.807, 2.05) is 0 Å². The molecule has 0 bridgehead atoms. The highest BCUT2D eigenvalue weighted by atomic mass is 19.1. The van der Waals surface area contributed by atoms with E-state index in [1.54, 1.807) is 12.1 Å². The van der Waals surface area contributed by atoms with E-state index in [9.17, 15) is 14.0 Å². The molecule has 0 aliphatic heterocycles. The zero-order valence-electron chi connectivity index (χ0n) is 10.5. The van der Waals surface area contributed by atoms with Gasteiger partial charge in [-0.25, -0.2) is 9.18 Å². The molecule has 0 atom stereocenters. The summed E-state index contributed by atoms with van der Waals surface area (Å²) >= 11 is 0. The van der Waals surface area contributed by atoms with Crippen LogP contribution in [-0.4, -0.2) is 17.0 Å². The van der Waals surface area contributed by atoms with Crippen LogP contribution >= 0.6 is 0 Å². The number of carbonyl (C=O) groups excluding carboxylic acids is 1. The minimum Gasteiger partial charge on any atom is -0.478 e. The third-order valence-electron chi connectivity index (χ3n) is 2.74. The number of halogens is 1. The second-order valence-electron chi connectivity index (χ2n) is 4.20. The summed E-state index contributed by atoms with van der Waals surface area (Å²) in [7, 11) is 0. The highest BCUT2D eigenvalue weighted by Crippen LogP contribution is 2.06. The molecule has 2 aromatic carbocycles. The Morgan fingerprint density at radius 3 is 2.30 bits per heavy atom. The molecule has 0 aliphatic rings. The average molecular weight is 273 g/mol. The van der Waals surface area contributed by atoms with Gasteiger partial charge in [0.1, 0.15) is 5.82 Å². The van der Waals surface area contributed by atoms with Gasteiger partial charge in [-0.15, -0.1) is 0 Å². The van der Waals surface area contributed by atoms with Crippen LogP contribution in [0, 0.1) is 5.82 Å². The summed E-state index contributed by atoms with van der Waals surface area (Å²) in [5.41, 5.74) is 1.12. The van der Waals surface area contributed by atoms with Crippen LogP contribution in [0.5, 0.6) is 0 Å². The molecular weight excluding hydrogens is 261 g/mol. The van der Waals surface area contributed by atoms with Crippen molar-refractivity contribution < 1.29 is 19.1 Å². The van der Waals surface area contributed by atoms with Crippen LogP contribution in [0.25, 0.3) is 0 Å². The van der Waals surface area contributed by atoms with Gasteiger partial charge in [-0.3, -0.25) is 4.79 Å². The number of aromatic carboxylic acids is 1. The van der Waals surface area contributed by atoms with Crippen LogP contribution in [0.1, 0.15) is 26.3 Å². The average Bonchev–Trinajstić information content (AvgIpc) is 2.45. The van der Waals surface area contributed by atoms with E-state index in [4.69, 9.17) is 5.11 Å². The van der Waals surface area contributed by atoms with Crippen molar-refractivity contribution in [3.63, 3.8) is 0 Å². The lowest BCUT2D eigenvalue weighted by Gasteiger charge is -2.06. The largest absolute Gasteiger partial charge is 0.478 e. The van der Waals surface area contributed by atoms with Gasteiger partial charge in [0.25, 0.3) is 5.91 Å². The van der Waals surface area contributed by atoms with Crippen molar-refractivity contribution in [1.29, 1.82) is 0 Å². The van der Waals surface area contributed by atoms with E-state index >= 15 is 0 Å². The Balaban J connectivity index is 1.99. The lowest BCUT2D eigenvalue weighted by molar-refractivity contribution is 0.0696. The lowest BCUT2D eigenvalue weighted by Crippen LogP contribution is -2.22. The molecule has 2 aromatic rings. The van der Waals surface area contributed by atoms with Crippen molar-refractivity contribution in [3.8, 4) is 0 Å². The van der Waals surface area contributed by atoms with Gasteiger partial charge in [0.15, 0.2) is 0 Å². The zero-order chi connectivity index (χ0) is 14.5. The van der Waals surface area contributed by atoms with E-state index < -0.39 is 5.97 Å². The Hall–Kier alpha value is -2.69. The second kappa shape index (κ2) is 5.97. The highest BCUT2D eigenvalue weighted by molar-refractivity contribution is 5.95. The molecule has 102 valence electrons.